The van der Waals surface area contributed by atoms with Gasteiger partial charge < -0.3 is 4.74 Å². The van der Waals surface area contributed by atoms with Gasteiger partial charge >= 0.3 is 0 Å². The first-order valence-corrected chi connectivity index (χ1v) is 9.28. The monoisotopic (exact) mass is 291 g/mol. The largest absolute Gasteiger partial charge is 0.375 e. The second kappa shape index (κ2) is 8.79. The zero-order valence-corrected chi connectivity index (χ0v) is 14.0. The van der Waals surface area contributed by atoms with Crippen LogP contribution in [0.1, 0.15) is 84.5 Å². The van der Waals surface area contributed by atoms with Gasteiger partial charge in [0.2, 0.25) is 0 Å². The molecule has 1 unspecified atom stereocenters. The summed E-state index contributed by atoms with van der Waals surface area (Å²) in [5.74, 6) is 2.16. The Balaban J connectivity index is 1.65. The van der Waals surface area contributed by atoms with E-state index in [-0.39, 0.29) is 0 Å². The van der Waals surface area contributed by atoms with Crippen molar-refractivity contribution >= 4 is 0 Å². The van der Waals surface area contributed by atoms with Crippen LogP contribution < -0.4 is 0 Å². The van der Waals surface area contributed by atoms with Gasteiger partial charge in [-0.1, -0.05) is 19.8 Å². The second-order valence-electron chi connectivity index (χ2n) is 7.37. The molecular formula is C19H33NO. The van der Waals surface area contributed by atoms with Crippen LogP contribution in [-0.4, -0.2) is 12.2 Å². The Kier molecular flexibility index (Phi) is 7.04. The van der Waals surface area contributed by atoms with E-state index in [2.05, 4.69) is 19.9 Å². The van der Waals surface area contributed by atoms with E-state index in [0.717, 1.165) is 24.7 Å². The number of nitrogens with zero attached hydrogens (tertiary/aromatic N) is 1. The summed E-state index contributed by atoms with van der Waals surface area (Å²) in [5, 5.41) is 9.00. The van der Waals surface area contributed by atoms with E-state index in [1.165, 1.54) is 57.8 Å². The average Bonchev–Trinajstić information content (AvgIpc) is 2.54. The van der Waals surface area contributed by atoms with Crippen LogP contribution in [0.25, 0.3) is 0 Å². The van der Waals surface area contributed by atoms with Crippen molar-refractivity contribution in [3.8, 4) is 6.07 Å². The maximum atomic E-state index is 9.00. The molecule has 0 aliphatic heterocycles. The number of ether oxygens (including phenoxy) is 1. The smallest absolute Gasteiger partial charge is 0.0655 e. The first-order valence-electron chi connectivity index (χ1n) is 9.28. The van der Waals surface area contributed by atoms with E-state index >= 15 is 0 Å². The Morgan fingerprint density at radius 2 is 1.57 bits per heavy atom. The van der Waals surface area contributed by atoms with E-state index < -0.39 is 0 Å². The molecule has 0 N–H and O–H groups in total. The van der Waals surface area contributed by atoms with Gasteiger partial charge in [-0.25, -0.2) is 0 Å². The highest BCUT2D eigenvalue weighted by Crippen LogP contribution is 2.40. The van der Waals surface area contributed by atoms with Crippen molar-refractivity contribution < 1.29 is 4.74 Å². The van der Waals surface area contributed by atoms with Crippen LogP contribution in [0.15, 0.2) is 0 Å². The second-order valence-corrected chi connectivity index (χ2v) is 7.37. The van der Waals surface area contributed by atoms with Gasteiger partial charge in [0.05, 0.1) is 18.3 Å². The van der Waals surface area contributed by atoms with Gasteiger partial charge in [0.25, 0.3) is 0 Å². The molecule has 2 rings (SSSR count). The van der Waals surface area contributed by atoms with Crippen LogP contribution in [-0.2, 0) is 4.74 Å². The zero-order chi connectivity index (χ0) is 15.1. The molecule has 2 fully saturated rings. The molecule has 0 amide bonds. The van der Waals surface area contributed by atoms with Crippen molar-refractivity contribution in [1.29, 1.82) is 5.26 Å². The Hall–Kier alpha value is -0.550. The molecule has 2 nitrogen and oxygen atoms in total. The first-order chi connectivity index (χ1) is 10.2. The van der Waals surface area contributed by atoms with Crippen molar-refractivity contribution in [2.45, 2.75) is 96.7 Å². The molecule has 0 heterocycles. The lowest BCUT2D eigenvalue weighted by molar-refractivity contribution is -0.0378. The highest BCUT2D eigenvalue weighted by atomic mass is 16.5. The lowest BCUT2D eigenvalue weighted by atomic mass is 9.71. The first kappa shape index (κ1) is 16.8. The molecule has 2 saturated carbocycles. The molecular weight excluding hydrogens is 258 g/mol. The lowest BCUT2D eigenvalue weighted by Gasteiger charge is -2.37. The van der Waals surface area contributed by atoms with Crippen LogP contribution in [0.4, 0.5) is 0 Å². The van der Waals surface area contributed by atoms with Crippen LogP contribution >= 0.6 is 0 Å². The third kappa shape index (κ3) is 5.29. The quantitative estimate of drug-likeness (QED) is 0.650. The topological polar surface area (TPSA) is 33.0 Å². The molecule has 0 saturated heterocycles. The van der Waals surface area contributed by atoms with Crippen molar-refractivity contribution in [1.82, 2.24) is 0 Å². The SMILES string of the molecule is CCCCC(C)OC1CCC(C2CCC(C#N)CC2)CC1. The summed E-state index contributed by atoms with van der Waals surface area (Å²) >= 11 is 0. The Bertz CT molecular complexity index is 319. The minimum atomic E-state index is 0.348. The lowest BCUT2D eigenvalue weighted by Crippen LogP contribution is -2.30. The van der Waals surface area contributed by atoms with E-state index in [9.17, 15) is 0 Å². The van der Waals surface area contributed by atoms with Gasteiger partial charge in [0.1, 0.15) is 0 Å². The molecule has 21 heavy (non-hydrogen) atoms. The molecule has 0 aromatic rings. The number of rotatable bonds is 6. The number of nitriles is 1. The summed E-state index contributed by atoms with van der Waals surface area (Å²) in [4.78, 5) is 0. The van der Waals surface area contributed by atoms with Crippen LogP contribution in [0.5, 0.6) is 0 Å². The summed E-state index contributed by atoms with van der Waals surface area (Å²) in [6, 6.07) is 2.45. The predicted molar refractivity (Wildman–Crippen MR) is 86.9 cm³/mol. The molecule has 2 heteroatoms. The van der Waals surface area contributed by atoms with Gasteiger partial charge in [-0.15, -0.1) is 0 Å². The minimum absolute atomic E-state index is 0.348. The summed E-state index contributed by atoms with van der Waals surface area (Å²) in [6.45, 7) is 4.49. The van der Waals surface area contributed by atoms with Crippen molar-refractivity contribution in [3.63, 3.8) is 0 Å². The predicted octanol–water partition coefficient (Wildman–Crippen LogP) is 5.47. The van der Waals surface area contributed by atoms with Crippen LogP contribution in [0.2, 0.25) is 0 Å². The van der Waals surface area contributed by atoms with E-state index in [1.54, 1.807) is 0 Å². The normalized spacial score (nSPS) is 35.1. The third-order valence-corrected chi connectivity index (χ3v) is 5.73. The van der Waals surface area contributed by atoms with Gasteiger partial charge in [-0.3, -0.25) is 0 Å². The fourth-order valence-electron chi connectivity index (χ4n) is 4.30. The van der Waals surface area contributed by atoms with Gasteiger partial charge in [0.15, 0.2) is 0 Å². The summed E-state index contributed by atoms with van der Waals surface area (Å²) in [6.07, 6.45) is 14.8. The van der Waals surface area contributed by atoms with Gasteiger partial charge in [0, 0.05) is 5.92 Å². The minimum Gasteiger partial charge on any atom is -0.375 e. The Morgan fingerprint density at radius 1 is 1.00 bits per heavy atom. The molecule has 0 spiro atoms. The molecule has 120 valence electrons. The van der Waals surface area contributed by atoms with E-state index in [0.29, 0.717) is 18.1 Å². The highest BCUT2D eigenvalue weighted by molar-refractivity contribution is 4.89. The standard InChI is InChI=1S/C19H33NO/c1-3-4-5-15(2)21-19-12-10-18(11-13-19)17-8-6-16(14-20)7-9-17/h15-19H,3-13H2,1-2H3. The third-order valence-electron chi connectivity index (χ3n) is 5.73. The zero-order valence-electron chi connectivity index (χ0n) is 14.0. The molecule has 0 bridgehead atoms. The highest BCUT2D eigenvalue weighted by Gasteiger charge is 2.31. The molecule has 2 aliphatic rings. The molecule has 1 atom stereocenters. The van der Waals surface area contributed by atoms with E-state index in [1.807, 2.05) is 0 Å². The van der Waals surface area contributed by atoms with Crippen molar-refractivity contribution in [2.24, 2.45) is 17.8 Å². The van der Waals surface area contributed by atoms with Crippen molar-refractivity contribution in [2.75, 3.05) is 0 Å². The van der Waals surface area contributed by atoms with Gasteiger partial charge in [-0.05, 0) is 76.5 Å². The number of hydrogen-bond donors (Lipinski definition) is 0. The van der Waals surface area contributed by atoms with Crippen molar-refractivity contribution in [3.05, 3.63) is 0 Å². The summed E-state index contributed by atoms with van der Waals surface area (Å²) < 4.78 is 6.22. The maximum Gasteiger partial charge on any atom is 0.0655 e. The molecule has 0 radical (unpaired) electrons. The number of hydrogen-bond acceptors (Lipinski definition) is 2. The molecule has 0 aromatic carbocycles. The maximum absolute atomic E-state index is 9.00. The molecule has 0 aromatic heterocycles. The average molecular weight is 291 g/mol. The van der Waals surface area contributed by atoms with Crippen LogP contribution in [0.3, 0.4) is 0 Å². The fraction of sp³-hybridized carbons (Fsp3) is 0.947. The molecule has 2 aliphatic carbocycles. The number of unbranched alkanes of at least 4 members (excludes halogenated alkanes) is 1. The Morgan fingerprint density at radius 3 is 2.10 bits per heavy atom. The fourth-order valence-corrected chi connectivity index (χ4v) is 4.30. The van der Waals surface area contributed by atoms with E-state index in [4.69, 9.17) is 10.00 Å². The van der Waals surface area contributed by atoms with Gasteiger partial charge in [-0.2, -0.15) is 5.26 Å². The summed E-state index contributed by atoms with van der Waals surface area (Å²) in [7, 11) is 0. The van der Waals surface area contributed by atoms with Crippen LogP contribution in [0, 0.1) is 29.1 Å². The summed E-state index contributed by atoms with van der Waals surface area (Å²) in [5.41, 5.74) is 0. The Labute approximate surface area is 131 Å².